The summed E-state index contributed by atoms with van der Waals surface area (Å²) >= 11 is 0. The number of para-hydroxylation sites is 1. The van der Waals surface area contributed by atoms with E-state index in [0.717, 1.165) is 50.0 Å². The molecule has 1 atom stereocenters. The molecule has 3 aliphatic rings. The Morgan fingerprint density at radius 3 is 2.19 bits per heavy atom. The number of hydrogen-bond donors (Lipinski definition) is 1. The zero-order valence-corrected chi connectivity index (χ0v) is 21.3. The van der Waals surface area contributed by atoms with Crippen LogP contribution < -0.4 is 10.2 Å². The van der Waals surface area contributed by atoms with Gasteiger partial charge < -0.3 is 24.8 Å². The summed E-state index contributed by atoms with van der Waals surface area (Å²) in [6.07, 6.45) is 3.49. The maximum absolute atomic E-state index is 13.5. The number of hydrogen-bond acceptors (Lipinski definition) is 5. The Labute approximate surface area is 218 Å². The van der Waals surface area contributed by atoms with Gasteiger partial charge in [-0.05, 0) is 43.4 Å². The van der Waals surface area contributed by atoms with Gasteiger partial charge in [0, 0.05) is 57.6 Å². The van der Waals surface area contributed by atoms with E-state index in [-0.39, 0.29) is 29.9 Å². The van der Waals surface area contributed by atoms with Gasteiger partial charge in [-0.25, -0.2) is 0 Å². The molecule has 0 spiro atoms. The molecule has 37 heavy (non-hydrogen) atoms. The summed E-state index contributed by atoms with van der Waals surface area (Å²) in [5.41, 5.74) is 2.66. The van der Waals surface area contributed by atoms with Crippen LogP contribution in [0.1, 0.15) is 41.6 Å². The first kappa shape index (κ1) is 25.3. The van der Waals surface area contributed by atoms with Gasteiger partial charge in [0.05, 0.1) is 12.0 Å². The minimum Gasteiger partial charge on any atom is -0.371 e. The summed E-state index contributed by atoms with van der Waals surface area (Å²) in [7, 11) is 0. The average molecular weight is 505 g/mol. The Morgan fingerprint density at radius 2 is 1.49 bits per heavy atom. The third-order valence-electron chi connectivity index (χ3n) is 7.63. The van der Waals surface area contributed by atoms with E-state index in [1.54, 1.807) is 0 Å². The van der Waals surface area contributed by atoms with Crippen molar-refractivity contribution in [2.75, 3.05) is 50.8 Å². The van der Waals surface area contributed by atoms with Crippen molar-refractivity contribution in [3.05, 3.63) is 65.7 Å². The van der Waals surface area contributed by atoms with Crippen LogP contribution in [0.3, 0.4) is 0 Å². The van der Waals surface area contributed by atoms with Crippen LogP contribution in [0.2, 0.25) is 0 Å². The van der Waals surface area contributed by atoms with Crippen molar-refractivity contribution in [3.63, 3.8) is 0 Å². The van der Waals surface area contributed by atoms with E-state index in [4.69, 9.17) is 4.74 Å². The smallest absolute Gasteiger partial charge is 0.256 e. The normalized spacial score (nSPS) is 20.6. The molecule has 3 amide bonds. The molecule has 5 rings (SSSR count). The summed E-state index contributed by atoms with van der Waals surface area (Å²) in [5.74, 6) is 0.124. The number of piperazine rings is 1. The SMILES string of the molecule is O=C(Cc1ccccc1)NC1CCN(c2ccccc2C(=O)N2CCN(C(=O)[C@@H]3CCCO3)CC2)CC1. The summed E-state index contributed by atoms with van der Waals surface area (Å²) < 4.78 is 5.55. The first-order chi connectivity index (χ1) is 18.1. The second-order valence-electron chi connectivity index (χ2n) is 10.1. The minimum absolute atomic E-state index is 0.0121. The van der Waals surface area contributed by atoms with Crippen LogP contribution in [-0.2, 0) is 20.7 Å². The standard InChI is InChI=1S/C29H36N4O4/c34-27(21-22-7-2-1-3-8-22)30-23-12-14-31(15-13-23)25-10-5-4-9-24(25)28(35)32-16-18-33(19-17-32)29(36)26-11-6-20-37-26/h1-5,7-10,23,26H,6,11-21H2,(H,30,34)/t26-/m0/s1. The first-order valence-corrected chi connectivity index (χ1v) is 13.5. The molecule has 3 aliphatic heterocycles. The highest BCUT2D eigenvalue weighted by Crippen LogP contribution is 2.26. The fourth-order valence-electron chi connectivity index (χ4n) is 5.53. The Kier molecular flexibility index (Phi) is 8.04. The molecule has 3 heterocycles. The predicted molar refractivity (Wildman–Crippen MR) is 141 cm³/mol. The van der Waals surface area contributed by atoms with Crippen LogP contribution in [0.15, 0.2) is 54.6 Å². The largest absolute Gasteiger partial charge is 0.371 e. The molecule has 8 nitrogen and oxygen atoms in total. The van der Waals surface area contributed by atoms with Gasteiger partial charge in [0.25, 0.3) is 11.8 Å². The summed E-state index contributed by atoms with van der Waals surface area (Å²) in [4.78, 5) is 44.6. The molecule has 1 N–H and O–H groups in total. The molecule has 2 aromatic carbocycles. The van der Waals surface area contributed by atoms with Gasteiger partial charge in [-0.3, -0.25) is 14.4 Å². The van der Waals surface area contributed by atoms with Gasteiger partial charge in [-0.1, -0.05) is 42.5 Å². The van der Waals surface area contributed by atoms with Crippen LogP contribution in [0.25, 0.3) is 0 Å². The number of anilines is 1. The van der Waals surface area contributed by atoms with Crippen LogP contribution >= 0.6 is 0 Å². The second kappa shape index (κ2) is 11.8. The maximum atomic E-state index is 13.5. The number of benzene rings is 2. The first-order valence-electron chi connectivity index (χ1n) is 13.5. The molecule has 2 aromatic rings. The third-order valence-corrected chi connectivity index (χ3v) is 7.63. The van der Waals surface area contributed by atoms with E-state index in [2.05, 4.69) is 10.2 Å². The molecule has 8 heteroatoms. The highest BCUT2D eigenvalue weighted by molar-refractivity contribution is 6.00. The lowest BCUT2D eigenvalue weighted by molar-refractivity contribution is -0.142. The van der Waals surface area contributed by atoms with E-state index < -0.39 is 0 Å². The van der Waals surface area contributed by atoms with Gasteiger partial charge in [0.1, 0.15) is 6.10 Å². The molecule has 196 valence electrons. The second-order valence-corrected chi connectivity index (χ2v) is 10.1. The molecule has 0 radical (unpaired) electrons. The molecule has 0 aliphatic carbocycles. The van der Waals surface area contributed by atoms with Gasteiger partial charge in [-0.2, -0.15) is 0 Å². The lowest BCUT2D eigenvalue weighted by Gasteiger charge is -2.37. The summed E-state index contributed by atoms with van der Waals surface area (Å²) in [5, 5.41) is 3.18. The van der Waals surface area contributed by atoms with Gasteiger partial charge in [0.2, 0.25) is 5.91 Å². The number of amides is 3. The third kappa shape index (κ3) is 6.13. The highest BCUT2D eigenvalue weighted by Gasteiger charge is 2.32. The molecule has 0 unspecified atom stereocenters. The van der Waals surface area contributed by atoms with Crippen molar-refractivity contribution in [2.45, 2.75) is 44.2 Å². The quantitative estimate of drug-likeness (QED) is 0.654. The zero-order chi connectivity index (χ0) is 25.6. The van der Waals surface area contributed by atoms with E-state index in [1.165, 1.54) is 0 Å². The fraction of sp³-hybridized carbons (Fsp3) is 0.483. The molecular formula is C29H36N4O4. The van der Waals surface area contributed by atoms with Gasteiger partial charge in [0.15, 0.2) is 0 Å². The Bertz CT molecular complexity index is 1090. The Balaban J connectivity index is 1.14. The van der Waals surface area contributed by atoms with Crippen molar-refractivity contribution in [1.29, 1.82) is 0 Å². The molecule has 0 aromatic heterocycles. The van der Waals surface area contributed by atoms with Crippen LogP contribution in [-0.4, -0.2) is 85.5 Å². The fourth-order valence-corrected chi connectivity index (χ4v) is 5.53. The topological polar surface area (TPSA) is 82.2 Å². The van der Waals surface area contributed by atoms with Crippen molar-refractivity contribution in [3.8, 4) is 0 Å². The number of piperidine rings is 1. The maximum Gasteiger partial charge on any atom is 0.256 e. The van der Waals surface area contributed by atoms with E-state index in [1.807, 2.05) is 64.4 Å². The molecular weight excluding hydrogens is 468 g/mol. The number of rotatable bonds is 6. The molecule has 0 bridgehead atoms. The van der Waals surface area contributed by atoms with Crippen molar-refractivity contribution in [2.24, 2.45) is 0 Å². The van der Waals surface area contributed by atoms with Gasteiger partial charge in [-0.15, -0.1) is 0 Å². The molecule has 3 saturated heterocycles. The monoisotopic (exact) mass is 504 g/mol. The van der Waals surface area contributed by atoms with Gasteiger partial charge >= 0.3 is 0 Å². The number of ether oxygens (including phenoxy) is 1. The summed E-state index contributed by atoms with van der Waals surface area (Å²) in [6.45, 7) is 4.36. The number of carbonyl (C=O) groups excluding carboxylic acids is 3. The van der Waals surface area contributed by atoms with Crippen molar-refractivity contribution in [1.82, 2.24) is 15.1 Å². The minimum atomic E-state index is -0.311. The molecule has 3 fully saturated rings. The lowest BCUT2D eigenvalue weighted by Crippen LogP contribution is -2.53. The zero-order valence-electron chi connectivity index (χ0n) is 21.3. The van der Waals surface area contributed by atoms with Crippen LogP contribution in [0, 0.1) is 0 Å². The van der Waals surface area contributed by atoms with E-state index in [0.29, 0.717) is 44.8 Å². The summed E-state index contributed by atoms with van der Waals surface area (Å²) in [6, 6.07) is 17.7. The van der Waals surface area contributed by atoms with Crippen LogP contribution in [0.5, 0.6) is 0 Å². The highest BCUT2D eigenvalue weighted by atomic mass is 16.5. The Hall–Kier alpha value is -3.39. The van der Waals surface area contributed by atoms with Crippen molar-refractivity contribution < 1.29 is 19.1 Å². The van der Waals surface area contributed by atoms with Crippen molar-refractivity contribution >= 4 is 23.4 Å². The van der Waals surface area contributed by atoms with Crippen LogP contribution in [0.4, 0.5) is 5.69 Å². The average Bonchev–Trinajstić information content (AvgIpc) is 3.49. The number of nitrogens with zero attached hydrogens (tertiary/aromatic N) is 3. The van der Waals surface area contributed by atoms with E-state index >= 15 is 0 Å². The lowest BCUT2D eigenvalue weighted by atomic mass is 10.0. The Morgan fingerprint density at radius 1 is 0.811 bits per heavy atom. The number of nitrogens with one attached hydrogen (secondary N) is 1. The predicted octanol–water partition coefficient (Wildman–Crippen LogP) is 2.48. The number of carbonyl (C=O) groups is 3. The molecule has 0 saturated carbocycles. The van der Waals surface area contributed by atoms with E-state index in [9.17, 15) is 14.4 Å².